The molecule has 0 unspecified atom stereocenters. The monoisotopic (exact) mass is 199 g/mol. The number of hydrogen-bond acceptors (Lipinski definition) is 5. The number of nitrogen functional groups attached to an aromatic ring is 2. The van der Waals surface area contributed by atoms with Crippen molar-refractivity contribution in [3.63, 3.8) is 0 Å². The van der Waals surface area contributed by atoms with E-state index < -0.39 is 0 Å². The molecule has 0 aromatic carbocycles. The molecule has 0 saturated heterocycles. The Bertz CT molecular complexity index is 172. The van der Waals surface area contributed by atoms with Gasteiger partial charge in [0.15, 0.2) is 0 Å². The molecule has 0 spiro atoms. The average Bonchev–Trinajstić information content (AvgIpc) is 1.64. The van der Waals surface area contributed by atoms with E-state index in [1.165, 1.54) is 0 Å². The SMILES string of the molecule is Nc1n[c-]nc(N)n1.[Y+3]. The van der Waals surface area contributed by atoms with E-state index in [4.69, 9.17) is 11.5 Å². The minimum Gasteiger partial charge on any atom is -0.420 e. The van der Waals surface area contributed by atoms with Gasteiger partial charge in [0.1, 0.15) is 11.9 Å². The van der Waals surface area contributed by atoms with Gasteiger partial charge >= 0.3 is 32.7 Å². The Labute approximate surface area is 77.2 Å². The molecule has 0 radical (unpaired) electrons. The van der Waals surface area contributed by atoms with E-state index in [2.05, 4.69) is 21.3 Å². The van der Waals surface area contributed by atoms with Crippen LogP contribution in [0, 0.1) is 6.33 Å². The van der Waals surface area contributed by atoms with Gasteiger partial charge in [-0.1, -0.05) is 0 Å². The van der Waals surface area contributed by atoms with Crippen molar-refractivity contribution in [1.29, 1.82) is 0 Å². The van der Waals surface area contributed by atoms with Gasteiger partial charge in [-0.25, -0.2) is 0 Å². The Morgan fingerprint density at radius 1 is 1.11 bits per heavy atom. The normalized spacial score (nSPS) is 8.00. The zero-order valence-electron chi connectivity index (χ0n) is 4.57. The Kier molecular flexibility index (Phi) is 3.57. The third-order valence-corrected chi connectivity index (χ3v) is 0.558. The summed E-state index contributed by atoms with van der Waals surface area (Å²) in [5.41, 5.74) is 10.2. The fraction of sp³-hybridized carbons (Fsp3) is 0. The van der Waals surface area contributed by atoms with E-state index in [9.17, 15) is 0 Å². The maximum absolute atomic E-state index is 5.09. The van der Waals surface area contributed by atoms with Crippen LogP contribution in [-0.4, -0.2) is 15.0 Å². The first-order valence-corrected chi connectivity index (χ1v) is 1.92. The summed E-state index contributed by atoms with van der Waals surface area (Å²) in [5.74, 6) is 0.190. The summed E-state index contributed by atoms with van der Waals surface area (Å²) in [7, 11) is 0. The molecule has 1 aromatic rings. The molecule has 1 aromatic heterocycles. The molecule has 5 nitrogen and oxygen atoms in total. The molecular formula is C3H4N5Y+2. The van der Waals surface area contributed by atoms with Gasteiger partial charge in [-0.2, -0.15) is 0 Å². The van der Waals surface area contributed by atoms with Gasteiger partial charge in [0.2, 0.25) is 0 Å². The smallest absolute Gasteiger partial charge is 0.420 e. The molecule has 9 heavy (non-hydrogen) atoms. The molecule has 1 rings (SSSR count). The van der Waals surface area contributed by atoms with E-state index in [1.807, 2.05) is 0 Å². The van der Waals surface area contributed by atoms with Crippen molar-refractivity contribution in [3.05, 3.63) is 6.33 Å². The average molecular weight is 199 g/mol. The standard InChI is InChI=1S/C3H4N5.Y/c4-2-6-1-7-3(5)8-2;/h(H4,4,5,6,7,8);/q-1;+3. The zero-order chi connectivity index (χ0) is 5.98. The van der Waals surface area contributed by atoms with Crippen LogP contribution in [0.3, 0.4) is 0 Å². The third kappa shape index (κ3) is 2.67. The quantitative estimate of drug-likeness (QED) is 0.514. The molecule has 0 aliphatic heterocycles. The van der Waals surface area contributed by atoms with Crippen molar-refractivity contribution in [2.75, 3.05) is 11.5 Å². The van der Waals surface area contributed by atoms with Gasteiger partial charge < -0.3 is 26.4 Å². The second-order valence-corrected chi connectivity index (χ2v) is 1.15. The van der Waals surface area contributed by atoms with Gasteiger partial charge in [0, 0.05) is 6.33 Å². The van der Waals surface area contributed by atoms with Gasteiger partial charge in [-0.3, -0.25) is 0 Å². The first kappa shape index (κ1) is 8.71. The summed E-state index contributed by atoms with van der Waals surface area (Å²) in [6.07, 6.45) is 2.22. The Balaban J connectivity index is 0.000000640. The maximum Gasteiger partial charge on any atom is 3.00 e. The minimum atomic E-state index is 0. The number of rotatable bonds is 0. The molecule has 42 valence electrons. The van der Waals surface area contributed by atoms with Crippen LogP contribution in [0.4, 0.5) is 11.9 Å². The summed E-state index contributed by atoms with van der Waals surface area (Å²) in [4.78, 5) is 10.3. The topological polar surface area (TPSA) is 90.7 Å². The van der Waals surface area contributed by atoms with Crippen molar-refractivity contribution in [2.45, 2.75) is 0 Å². The van der Waals surface area contributed by atoms with Gasteiger partial charge in [-0.15, -0.1) is 0 Å². The predicted molar refractivity (Wildman–Crippen MR) is 27.5 cm³/mol. The molecule has 0 bridgehead atoms. The molecular weight excluding hydrogens is 195 g/mol. The van der Waals surface area contributed by atoms with Crippen molar-refractivity contribution < 1.29 is 32.7 Å². The van der Waals surface area contributed by atoms with E-state index >= 15 is 0 Å². The van der Waals surface area contributed by atoms with Crippen molar-refractivity contribution >= 4 is 11.9 Å². The molecule has 0 amide bonds. The third-order valence-electron chi connectivity index (χ3n) is 0.558. The van der Waals surface area contributed by atoms with Crippen molar-refractivity contribution in [1.82, 2.24) is 15.0 Å². The molecule has 1 heterocycles. The molecule has 4 N–H and O–H groups in total. The molecule has 0 atom stereocenters. The Morgan fingerprint density at radius 2 is 1.56 bits per heavy atom. The van der Waals surface area contributed by atoms with Crippen LogP contribution in [0.25, 0.3) is 0 Å². The number of nitrogens with two attached hydrogens (primary N) is 2. The summed E-state index contributed by atoms with van der Waals surface area (Å²) >= 11 is 0. The summed E-state index contributed by atoms with van der Waals surface area (Å²) in [5, 5.41) is 0. The van der Waals surface area contributed by atoms with Crippen LogP contribution in [0.1, 0.15) is 0 Å². The molecule has 0 aliphatic rings. The van der Waals surface area contributed by atoms with E-state index in [0.717, 1.165) is 0 Å². The van der Waals surface area contributed by atoms with Crippen LogP contribution in [0.2, 0.25) is 0 Å². The minimum absolute atomic E-state index is 0. The first-order chi connectivity index (χ1) is 3.79. The van der Waals surface area contributed by atoms with Crippen LogP contribution in [0.5, 0.6) is 0 Å². The zero-order valence-corrected chi connectivity index (χ0v) is 7.41. The second-order valence-electron chi connectivity index (χ2n) is 1.15. The van der Waals surface area contributed by atoms with E-state index in [0.29, 0.717) is 0 Å². The van der Waals surface area contributed by atoms with Gasteiger partial charge in [-0.05, 0) is 0 Å². The fourth-order valence-corrected chi connectivity index (χ4v) is 0.295. The molecule has 0 aliphatic carbocycles. The molecule has 0 fully saturated rings. The number of aromatic nitrogens is 3. The van der Waals surface area contributed by atoms with Crippen LogP contribution in [0.15, 0.2) is 0 Å². The van der Waals surface area contributed by atoms with Gasteiger partial charge in [0.05, 0.1) is 0 Å². The van der Waals surface area contributed by atoms with Crippen LogP contribution in [-0.2, 0) is 32.7 Å². The van der Waals surface area contributed by atoms with Gasteiger partial charge in [0.25, 0.3) is 0 Å². The Hall–Kier alpha value is -0.286. The summed E-state index contributed by atoms with van der Waals surface area (Å²) < 4.78 is 0. The molecule has 0 saturated carbocycles. The number of hydrogen-bond donors (Lipinski definition) is 2. The fourth-order valence-electron chi connectivity index (χ4n) is 0.295. The molecule has 6 heteroatoms. The summed E-state index contributed by atoms with van der Waals surface area (Å²) in [6.45, 7) is 0. The number of anilines is 2. The second kappa shape index (κ2) is 3.68. The van der Waals surface area contributed by atoms with Crippen LogP contribution >= 0.6 is 0 Å². The van der Waals surface area contributed by atoms with E-state index in [1.54, 1.807) is 0 Å². The number of nitrogens with zero attached hydrogens (tertiary/aromatic N) is 3. The summed E-state index contributed by atoms with van der Waals surface area (Å²) in [6, 6.07) is 0. The van der Waals surface area contributed by atoms with E-state index in [-0.39, 0.29) is 44.6 Å². The largest absolute Gasteiger partial charge is 3.00 e. The first-order valence-electron chi connectivity index (χ1n) is 1.92. The Morgan fingerprint density at radius 3 is 1.78 bits per heavy atom. The maximum atomic E-state index is 5.09. The van der Waals surface area contributed by atoms with Crippen molar-refractivity contribution in [2.24, 2.45) is 0 Å². The van der Waals surface area contributed by atoms with Crippen molar-refractivity contribution in [3.8, 4) is 0 Å². The van der Waals surface area contributed by atoms with Crippen LogP contribution < -0.4 is 11.5 Å². The predicted octanol–water partition coefficient (Wildman–Crippen LogP) is -1.17.